The lowest BCUT2D eigenvalue weighted by molar-refractivity contribution is 0.0920. The zero-order valence-corrected chi connectivity index (χ0v) is 13.7. The van der Waals surface area contributed by atoms with Crippen LogP contribution in [0.1, 0.15) is 30.1 Å². The number of piperidine rings is 1. The highest BCUT2D eigenvalue weighted by atomic mass is 79.9. The maximum Gasteiger partial charge on any atom is 0.253 e. The standard InChI is InChI=1S/C13H16BrClN2O.ClH/c1-8-12(3-2-6-16-8)17-13(18)10-5-4-9(14)7-11(10)15;/h4-5,7-8,12,16H,2-3,6H2,1H3,(H,17,18);1H. The Morgan fingerprint density at radius 3 is 2.89 bits per heavy atom. The van der Waals surface area contributed by atoms with Crippen LogP contribution in [0.15, 0.2) is 22.7 Å². The molecular formula is C13H17BrCl2N2O. The van der Waals surface area contributed by atoms with E-state index >= 15 is 0 Å². The molecule has 0 aliphatic carbocycles. The van der Waals surface area contributed by atoms with Gasteiger partial charge < -0.3 is 10.6 Å². The molecule has 1 saturated heterocycles. The van der Waals surface area contributed by atoms with Gasteiger partial charge in [0.2, 0.25) is 0 Å². The predicted octanol–water partition coefficient (Wildman–Crippen LogP) is 3.39. The molecule has 0 spiro atoms. The number of benzene rings is 1. The maximum atomic E-state index is 12.2. The molecule has 0 radical (unpaired) electrons. The Bertz CT molecular complexity index is 456. The average Bonchev–Trinajstić information content (AvgIpc) is 2.32. The van der Waals surface area contributed by atoms with Gasteiger partial charge >= 0.3 is 0 Å². The molecule has 0 bridgehead atoms. The lowest BCUT2D eigenvalue weighted by Gasteiger charge is -2.30. The van der Waals surface area contributed by atoms with Crippen LogP contribution in [0.2, 0.25) is 5.02 Å². The summed E-state index contributed by atoms with van der Waals surface area (Å²) < 4.78 is 0.872. The quantitative estimate of drug-likeness (QED) is 0.841. The number of carbonyl (C=O) groups is 1. The van der Waals surface area contributed by atoms with Gasteiger partial charge in [-0.15, -0.1) is 12.4 Å². The molecule has 2 atom stereocenters. The number of halogens is 3. The minimum Gasteiger partial charge on any atom is -0.348 e. The number of carbonyl (C=O) groups excluding carboxylic acids is 1. The summed E-state index contributed by atoms with van der Waals surface area (Å²) in [7, 11) is 0. The third-order valence-electron chi connectivity index (χ3n) is 3.25. The van der Waals surface area contributed by atoms with Crippen LogP contribution in [0.3, 0.4) is 0 Å². The number of hydrogen-bond donors (Lipinski definition) is 2. The summed E-state index contributed by atoms with van der Waals surface area (Å²) in [6.07, 6.45) is 2.09. The van der Waals surface area contributed by atoms with E-state index in [1.807, 2.05) is 6.07 Å². The van der Waals surface area contributed by atoms with Crippen LogP contribution in [0.25, 0.3) is 0 Å². The summed E-state index contributed by atoms with van der Waals surface area (Å²) in [6.45, 7) is 3.11. The van der Waals surface area contributed by atoms with E-state index in [9.17, 15) is 4.79 Å². The highest BCUT2D eigenvalue weighted by molar-refractivity contribution is 9.10. The smallest absolute Gasteiger partial charge is 0.253 e. The van der Waals surface area contributed by atoms with E-state index in [0.717, 1.165) is 23.9 Å². The highest BCUT2D eigenvalue weighted by Gasteiger charge is 2.23. The molecule has 1 heterocycles. The zero-order valence-electron chi connectivity index (χ0n) is 10.6. The van der Waals surface area contributed by atoms with Crippen molar-refractivity contribution in [3.63, 3.8) is 0 Å². The molecule has 106 valence electrons. The molecule has 1 amide bonds. The van der Waals surface area contributed by atoms with Gasteiger partial charge in [0.05, 0.1) is 10.6 Å². The van der Waals surface area contributed by atoms with E-state index in [1.165, 1.54) is 0 Å². The number of rotatable bonds is 2. The Morgan fingerprint density at radius 1 is 1.53 bits per heavy atom. The van der Waals surface area contributed by atoms with Crippen molar-refractivity contribution in [2.24, 2.45) is 0 Å². The van der Waals surface area contributed by atoms with E-state index in [2.05, 4.69) is 33.5 Å². The fourth-order valence-electron chi connectivity index (χ4n) is 2.16. The first kappa shape index (κ1) is 16.8. The van der Waals surface area contributed by atoms with Gasteiger partial charge in [0.25, 0.3) is 5.91 Å². The van der Waals surface area contributed by atoms with Crippen molar-refractivity contribution in [1.29, 1.82) is 0 Å². The molecule has 2 rings (SSSR count). The van der Waals surface area contributed by atoms with Gasteiger partial charge in [-0.2, -0.15) is 0 Å². The topological polar surface area (TPSA) is 41.1 Å². The normalized spacial score (nSPS) is 22.5. The molecule has 1 aliphatic heterocycles. The summed E-state index contributed by atoms with van der Waals surface area (Å²) in [5.41, 5.74) is 0.526. The average molecular weight is 368 g/mol. The van der Waals surface area contributed by atoms with Crippen molar-refractivity contribution >= 4 is 45.8 Å². The maximum absolute atomic E-state index is 12.2. The summed E-state index contributed by atoms with van der Waals surface area (Å²) >= 11 is 9.40. The van der Waals surface area contributed by atoms with Crippen molar-refractivity contribution in [2.45, 2.75) is 31.8 Å². The molecule has 1 fully saturated rings. The largest absolute Gasteiger partial charge is 0.348 e. The Kier molecular flexibility index (Phi) is 6.60. The fraction of sp³-hybridized carbons (Fsp3) is 0.462. The summed E-state index contributed by atoms with van der Waals surface area (Å²) in [4.78, 5) is 12.2. The molecule has 2 N–H and O–H groups in total. The van der Waals surface area contributed by atoms with Gasteiger partial charge in [-0.05, 0) is 44.5 Å². The van der Waals surface area contributed by atoms with Gasteiger partial charge in [0.1, 0.15) is 0 Å². The van der Waals surface area contributed by atoms with Gasteiger partial charge in [0, 0.05) is 16.6 Å². The lowest BCUT2D eigenvalue weighted by Crippen LogP contribution is -2.51. The number of nitrogens with one attached hydrogen (secondary N) is 2. The fourth-order valence-corrected chi connectivity index (χ4v) is 2.92. The molecule has 0 aromatic heterocycles. The summed E-state index contributed by atoms with van der Waals surface area (Å²) in [5.74, 6) is -0.104. The highest BCUT2D eigenvalue weighted by Crippen LogP contribution is 2.21. The third-order valence-corrected chi connectivity index (χ3v) is 4.06. The van der Waals surface area contributed by atoms with Crippen LogP contribution in [0, 0.1) is 0 Å². The SMILES string of the molecule is CC1NCCCC1NC(=O)c1ccc(Br)cc1Cl.Cl. The van der Waals surface area contributed by atoms with E-state index < -0.39 is 0 Å². The van der Waals surface area contributed by atoms with Crippen LogP contribution in [0.4, 0.5) is 0 Å². The van der Waals surface area contributed by atoms with Crippen molar-refractivity contribution in [1.82, 2.24) is 10.6 Å². The van der Waals surface area contributed by atoms with Crippen LogP contribution in [-0.4, -0.2) is 24.5 Å². The molecule has 19 heavy (non-hydrogen) atoms. The number of hydrogen-bond acceptors (Lipinski definition) is 2. The molecule has 1 aromatic rings. The van der Waals surface area contributed by atoms with Crippen LogP contribution in [-0.2, 0) is 0 Å². The second-order valence-electron chi connectivity index (χ2n) is 4.59. The Morgan fingerprint density at radius 2 is 2.26 bits per heavy atom. The van der Waals surface area contributed by atoms with E-state index in [-0.39, 0.29) is 24.4 Å². The van der Waals surface area contributed by atoms with Crippen LogP contribution < -0.4 is 10.6 Å². The molecule has 0 saturated carbocycles. The lowest BCUT2D eigenvalue weighted by atomic mass is 9.99. The van der Waals surface area contributed by atoms with E-state index in [4.69, 9.17) is 11.6 Å². The molecule has 1 aliphatic rings. The predicted molar refractivity (Wildman–Crippen MR) is 84.4 cm³/mol. The molecular weight excluding hydrogens is 351 g/mol. The third kappa shape index (κ3) is 4.35. The van der Waals surface area contributed by atoms with Crippen LogP contribution in [0.5, 0.6) is 0 Å². The molecule has 2 unspecified atom stereocenters. The first-order valence-electron chi connectivity index (χ1n) is 6.07. The zero-order chi connectivity index (χ0) is 13.1. The summed E-state index contributed by atoms with van der Waals surface area (Å²) in [5, 5.41) is 6.87. The minimum absolute atomic E-state index is 0. The van der Waals surface area contributed by atoms with E-state index in [1.54, 1.807) is 12.1 Å². The summed E-state index contributed by atoms with van der Waals surface area (Å²) in [6, 6.07) is 5.77. The molecule has 1 aromatic carbocycles. The minimum atomic E-state index is -0.104. The Labute approximate surface area is 133 Å². The Balaban J connectivity index is 0.00000180. The van der Waals surface area contributed by atoms with Gasteiger partial charge in [-0.1, -0.05) is 27.5 Å². The van der Waals surface area contributed by atoms with Crippen molar-refractivity contribution in [2.75, 3.05) is 6.54 Å². The van der Waals surface area contributed by atoms with Gasteiger partial charge in [-0.3, -0.25) is 4.79 Å². The molecule has 6 heteroatoms. The van der Waals surface area contributed by atoms with Crippen molar-refractivity contribution in [3.8, 4) is 0 Å². The first-order chi connectivity index (χ1) is 8.58. The van der Waals surface area contributed by atoms with Crippen LogP contribution >= 0.6 is 39.9 Å². The van der Waals surface area contributed by atoms with Gasteiger partial charge in [0.15, 0.2) is 0 Å². The second kappa shape index (κ2) is 7.48. The van der Waals surface area contributed by atoms with E-state index in [0.29, 0.717) is 16.6 Å². The number of amides is 1. The second-order valence-corrected chi connectivity index (χ2v) is 5.91. The first-order valence-corrected chi connectivity index (χ1v) is 7.24. The monoisotopic (exact) mass is 366 g/mol. The Hall–Kier alpha value is -0.290. The van der Waals surface area contributed by atoms with Gasteiger partial charge in [-0.25, -0.2) is 0 Å². The molecule has 3 nitrogen and oxygen atoms in total. The van der Waals surface area contributed by atoms with Crippen molar-refractivity contribution < 1.29 is 4.79 Å². The van der Waals surface area contributed by atoms with Crippen molar-refractivity contribution in [3.05, 3.63) is 33.3 Å².